The predicted molar refractivity (Wildman–Crippen MR) is 71.6 cm³/mol. The zero-order valence-electron chi connectivity index (χ0n) is 10.6. The van der Waals surface area contributed by atoms with Crippen LogP contribution in [0.25, 0.3) is 0 Å². The Morgan fingerprint density at radius 1 is 1.47 bits per heavy atom. The third kappa shape index (κ3) is 4.42. The number of methoxy groups -OCH3 is 1. The van der Waals surface area contributed by atoms with Gasteiger partial charge in [0.2, 0.25) is 0 Å². The van der Waals surface area contributed by atoms with E-state index in [0.717, 1.165) is 5.56 Å². The van der Waals surface area contributed by atoms with Crippen molar-refractivity contribution in [1.29, 1.82) is 0 Å². The number of carboxylic acid groups (broad SMARTS) is 1. The zero-order chi connectivity index (χ0) is 14.4. The number of hydrogen-bond donors (Lipinski definition) is 3. The minimum absolute atomic E-state index is 0.138. The van der Waals surface area contributed by atoms with Crippen molar-refractivity contribution < 1.29 is 19.4 Å². The Bertz CT molecular complexity index is 459. The normalized spacial score (nSPS) is 11.7. The maximum absolute atomic E-state index is 11.6. The van der Waals surface area contributed by atoms with Crippen molar-refractivity contribution in [3.05, 3.63) is 28.8 Å². The van der Waals surface area contributed by atoms with Gasteiger partial charge in [-0.3, -0.25) is 0 Å². The summed E-state index contributed by atoms with van der Waals surface area (Å²) in [6.07, 6.45) is -1.09. The average molecular weight is 287 g/mol. The Labute approximate surface area is 115 Å². The Kier molecular flexibility index (Phi) is 5.59. The van der Waals surface area contributed by atoms with E-state index in [1.54, 1.807) is 25.1 Å². The number of ether oxygens (including phenoxy) is 1. The first-order valence-corrected chi connectivity index (χ1v) is 5.89. The number of carboxylic acids is 1. The smallest absolute Gasteiger partial charge is 0.334 e. The molecule has 0 saturated heterocycles. The van der Waals surface area contributed by atoms with Crippen molar-refractivity contribution in [3.8, 4) is 0 Å². The molecule has 1 rings (SSSR count). The van der Waals surface area contributed by atoms with Gasteiger partial charge < -0.3 is 20.5 Å². The molecule has 0 bridgehead atoms. The highest BCUT2D eigenvalue weighted by molar-refractivity contribution is 6.33. The average Bonchev–Trinajstić information content (AvgIpc) is 2.34. The summed E-state index contributed by atoms with van der Waals surface area (Å²) < 4.78 is 4.69. The molecule has 1 aromatic carbocycles. The van der Waals surface area contributed by atoms with Crippen LogP contribution in [0.2, 0.25) is 5.02 Å². The Hall–Kier alpha value is -1.79. The Morgan fingerprint density at radius 2 is 2.16 bits per heavy atom. The van der Waals surface area contributed by atoms with Crippen LogP contribution in [-0.4, -0.2) is 36.9 Å². The van der Waals surface area contributed by atoms with Gasteiger partial charge in [0.15, 0.2) is 6.10 Å². The summed E-state index contributed by atoms with van der Waals surface area (Å²) in [5, 5.41) is 14.1. The van der Waals surface area contributed by atoms with Gasteiger partial charge in [-0.1, -0.05) is 23.7 Å². The molecular formula is C12H15ClN2O4. The van der Waals surface area contributed by atoms with Crippen molar-refractivity contribution in [2.75, 3.05) is 19.0 Å². The molecule has 1 atom stereocenters. The van der Waals surface area contributed by atoms with Gasteiger partial charge in [-0.05, 0) is 18.6 Å². The lowest BCUT2D eigenvalue weighted by molar-refractivity contribution is -0.147. The number of urea groups is 1. The van der Waals surface area contributed by atoms with Crippen LogP contribution in [0, 0.1) is 6.92 Å². The molecule has 0 radical (unpaired) electrons. The number of benzene rings is 1. The summed E-state index contributed by atoms with van der Waals surface area (Å²) in [4.78, 5) is 22.3. The van der Waals surface area contributed by atoms with Crippen LogP contribution in [0.5, 0.6) is 0 Å². The molecule has 0 spiro atoms. The number of rotatable bonds is 5. The first-order chi connectivity index (χ1) is 8.95. The number of carbonyl (C=O) groups is 2. The third-order valence-corrected chi connectivity index (χ3v) is 2.78. The first-order valence-electron chi connectivity index (χ1n) is 5.51. The van der Waals surface area contributed by atoms with Gasteiger partial charge in [-0.25, -0.2) is 9.59 Å². The van der Waals surface area contributed by atoms with Crippen molar-refractivity contribution in [2.45, 2.75) is 13.0 Å². The van der Waals surface area contributed by atoms with E-state index in [0.29, 0.717) is 10.7 Å². The number of nitrogens with one attached hydrogen (secondary N) is 2. The highest BCUT2D eigenvalue weighted by Gasteiger charge is 2.17. The molecular weight excluding hydrogens is 272 g/mol. The van der Waals surface area contributed by atoms with E-state index in [1.807, 2.05) is 0 Å². The highest BCUT2D eigenvalue weighted by atomic mass is 35.5. The molecule has 0 aliphatic heterocycles. The van der Waals surface area contributed by atoms with Crippen molar-refractivity contribution in [2.24, 2.45) is 0 Å². The van der Waals surface area contributed by atoms with Crippen molar-refractivity contribution >= 4 is 29.3 Å². The molecule has 0 aliphatic carbocycles. The highest BCUT2D eigenvalue weighted by Crippen LogP contribution is 2.24. The fraction of sp³-hybridized carbons (Fsp3) is 0.333. The summed E-state index contributed by atoms with van der Waals surface area (Å²) in [5.74, 6) is -1.14. The molecule has 0 aliphatic rings. The number of anilines is 1. The molecule has 6 nitrogen and oxygen atoms in total. The number of amides is 2. The molecule has 0 heterocycles. The molecule has 3 N–H and O–H groups in total. The molecule has 104 valence electrons. The fourth-order valence-corrected chi connectivity index (χ4v) is 1.67. The Balaban J connectivity index is 2.59. The molecule has 1 unspecified atom stereocenters. The van der Waals surface area contributed by atoms with E-state index in [9.17, 15) is 9.59 Å². The summed E-state index contributed by atoms with van der Waals surface area (Å²) in [5.41, 5.74) is 1.30. The molecule has 0 saturated carbocycles. The Morgan fingerprint density at radius 3 is 2.68 bits per heavy atom. The zero-order valence-corrected chi connectivity index (χ0v) is 11.3. The van der Waals surface area contributed by atoms with Crippen LogP contribution in [0.3, 0.4) is 0 Å². The fourth-order valence-electron chi connectivity index (χ4n) is 1.40. The number of halogens is 1. The van der Waals surface area contributed by atoms with Crippen LogP contribution < -0.4 is 10.6 Å². The lowest BCUT2D eigenvalue weighted by Gasteiger charge is -2.14. The topological polar surface area (TPSA) is 87.7 Å². The summed E-state index contributed by atoms with van der Waals surface area (Å²) in [6, 6.07) is 4.68. The molecule has 7 heteroatoms. The number of hydrogen-bond acceptors (Lipinski definition) is 3. The van der Waals surface area contributed by atoms with Crippen LogP contribution >= 0.6 is 11.6 Å². The van der Waals surface area contributed by atoms with Crippen LogP contribution in [0.15, 0.2) is 18.2 Å². The van der Waals surface area contributed by atoms with Crippen molar-refractivity contribution in [1.82, 2.24) is 5.32 Å². The predicted octanol–water partition coefficient (Wildman–Crippen LogP) is 1.87. The number of aliphatic carboxylic acids is 1. The maximum atomic E-state index is 11.6. The van der Waals surface area contributed by atoms with Gasteiger partial charge >= 0.3 is 12.0 Å². The quantitative estimate of drug-likeness (QED) is 0.771. The van der Waals surface area contributed by atoms with Gasteiger partial charge in [0.25, 0.3) is 0 Å². The summed E-state index contributed by atoms with van der Waals surface area (Å²) in [6.45, 7) is 1.66. The lowest BCUT2D eigenvalue weighted by Crippen LogP contribution is -2.39. The van der Waals surface area contributed by atoms with E-state index in [-0.39, 0.29) is 6.54 Å². The molecule has 1 aromatic rings. The van der Waals surface area contributed by atoms with Crippen molar-refractivity contribution in [3.63, 3.8) is 0 Å². The molecule has 0 aromatic heterocycles. The number of para-hydroxylation sites is 1. The molecule has 0 fully saturated rings. The van der Waals surface area contributed by atoms with Gasteiger partial charge in [-0.2, -0.15) is 0 Å². The number of aryl methyl sites for hydroxylation is 1. The minimum atomic E-state index is -1.14. The van der Waals surface area contributed by atoms with Crippen LogP contribution in [0.1, 0.15) is 5.56 Å². The lowest BCUT2D eigenvalue weighted by atomic mass is 10.2. The maximum Gasteiger partial charge on any atom is 0.334 e. The van der Waals surface area contributed by atoms with E-state index in [4.69, 9.17) is 21.4 Å². The van der Waals surface area contributed by atoms with Crippen LogP contribution in [-0.2, 0) is 9.53 Å². The third-order valence-electron chi connectivity index (χ3n) is 2.47. The summed E-state index contributed by atoms with van der Waals surface area (Å²) >= 11 is 5.95. The molecule has 19 heavy (non-hydrogen) atoms. The van der Waals surface area contributed by atoms with Gasteiger partial charge in [0.1, 0.15) is 0 Å². The van der Waals surface area contributed by atoms with E-state index >= 15 is 0 Å². The van der Waals surface area contributed by atoms with E-state index in [2.05, 4.69) is 10.6 Å². The molecule has 2 amide bonds. The second-order valence-corrected chi connectivity index (χ2v) is 4.24. The SMILES string of the molecule is COC(CNC(=O)Nc1c(C)cccc1Cl)C(=O)O. The van der Waals surface area contributed by atoms with Gasteiger partial charge in [0, 0.05) is 7.11 Å². The monoisotopic (exact) mass is 286 g/mol. The largest absolute Gasteiger partial charge is 0.479 e. The van der Waals surface area contributed by atoms with Crippen LogP contribution in [0.4, 0.5) is 10.5 Å². The number of carbonyl (C=O) groups excluding carboxylic acids is 1. The van der Waals surface area contributed by atoms with E-state index in [1.165, 1.54) is 7.11 Å². The standard InChI is InChI=1S/C12H15ClN2O4/c1-7-4-3-5-8(13)10(7)15-12(18)14-6-9(19-2)11(16)17/h3-5,9H,6H2,1-2H3,(H,16,17)(H2,14,15,18). The minimum Gasteiger partial charge on any atom is -0.479 e. The second-order valence-electron chi connectivity index (χ2n) is 3.83. The summed E-state index contributed by atoms with van der Waals surface area (Å²) in [7, 11) is 1.26. The van der Waals surface area contributed by atoms with E-state index < -0.39 is 18.1 Å². The first kappa shape index (κ1) is 15.3. The van der Waals surface area contributed by atoms with Gasteiger partial charge in [-0.15, -0.1) is 0 Å². The van der Waals surface area contributed by atoms with Gasteiger partial charge in [0.05, 0.1) is 17.3 Å². The second kappa shape index (κ2) is 6.96.